The number of phenolic OH excluding ortho intramolecular Hbond substituents is 1. The number of hydrogen-bond acceptors (Lipinski definition) is 3. The molecule has 0 radical (unpaired) electrons. The molecule has 0 atom stereocenters. The van der Waals surface area contributed by atoms with Crippen LogP contribution in [0.4, 0.5) is 18.9 Å². The number of carbonyl (C=O) groups is 1. The lowest BCUT2D eigenvalue weighted by Crippen LogP contribution is -2.17. The van der Waals surface area contributed by atoms with Crippen LogP contribution >= 0.6 is 0 Å². The van der Waals surface area contributed by atoms with Gasteiger partial charge in [-0.2, -0.15) is 0 Å². The van der Waals surface area contributed by atoms with E-state index in [0.29, 0.717) is 11.1 Å². The van der Waals surface area contributed by atoms with Crippen molar-refractivity contribution < 1.29 is 27.8 Å². The van der Waals surface area contributed by atoms with Gasteiger partial charge in [0.25, 0.3) is 5.91 Å². The van der Waals surface area contributed by atoms with E-state index in [-0.39, 0.29) is 11.3 Å². The van der Waals surface area contributed by atoms with E-state index in [4.69, 9.17) is 0 Å². The standard InChI is InChI=1S/C18H12F3NO3/c19-18(20,21)25-14-8-5-12(6-9-14)17(24)22-16-3-1-2-11-4-7-13(23)10-15(11)16/h1-10,23H,(H,22,24). The lowest BCUT2D eigenvalue weighted by Gasteiger charge is -2.11. The fourth-order valence-electron chi connectivity index (χ4n) is 2.37. The van der Waals surface area contributed by atoms with Crippen molar-refractivity contribution in [3.05, 3.63) is 66.2 Å². The SMILES string of the molecule is O=C(Nc1cccc2ccc(O)cc12)c1ccc(OC(F)(F)F)cc1. The Morgan fingerprint density at radius 3 is 2.40 bits per heavy atom. The van der Waals surface area contributed by atoms with E-state index >= 15 is 0 Å². The molecule has 0 spiro atoms. The zero-order valence-corrected chi connectivity index (χ0v) is 12.7. The maximum atomic E-state index is 12.3. The van der Waals surface area contributed by atoms with E-state index in [1.165, 1.54) is 24.3 Å². The number of fused-ring (bicyclic) bond motifs is 1. The minimum atomic E-state index is -4.78. The number of phenols is 1. The Bertz CT molecular complexity index is 921. The Labute approximate surface area is 140 Å². The van der Waals surface area contributed by atoms with Gasteiger partial charge in [-0.15, -0.1) is 13.2 Å². The van der Waals surface area contributed by atoms with E-state index in [2.05, 4.69) is 10.1 Å². The van der Waals surface area contributed by atoms with E-state index < -0.39 is 18.0 Å². The largest absolute Gasteiger partial charge is 0.573 e. The van der Waals surface area contributed by atoms with Crippen LogP contribution in [-0.4, -0.2) is 17.4 Å². The number of nitrogens with one attached hydrogen (secondary N) is 1. The summed E-state index contributed by atoms with van der Waals surface area (Å²) in [6.07, 6.45) is -4.78. The van der Waals surface area contributed by atoms with Crippen LogP contribution in [0.2, 0.25) is 0 Å². The third kappa shape index (κ3) is 4.00. The molecule has 3 rings (SSSR count). The maximum Gasteiger partial charge on any atom is 0.573 e. The molecule has 2 N–H and O–H groups in total. The molecule has 4 nitrogen and oxygen atoms in total. The Balaban J connectivity index is 1.82. The van der Waals surface area contributed by atoms with Gasteiger partial charge >= 0.3 is 6.36 Å². The molecule has 0 bridgehead atoms. The molecule has 0 heterocycles. The van der Waals surface area contributed by atoms with Crippen LogP contribution in [-0.2, 0) is 0 Å². The van der Waals surface area contributed by atoms with E-state index in [1.54, 1.807) is 18.2 Å². The zero-order chi connectivity index (χ0) is 18.0. The molecule has 7 heteroatoms. The second-order valence-electron chi connectivity index (χ2n) is 5.24. The molecule has 0 aliphatic rings. The number of anilines is 1. The average Bonchev–Trinajstić information content (AvgIpc) is 2.54. The van der Waals surface area contributed by atoms with Crippen LogP contribution in [0.25, 0.3) is 10.8 Å². The Hall–Kier alpha value is -3.22. The summed E-state index contributed by atoms with van der Waals surface area (Å²) >= 11 is 0. The summed E-state index contributed by atoms with van der Waals surface area (Å²) in [7, 11) is 0. The minimum Gasteiger partial charge on any atom is -0.508 e. The first-order valence-corrected chi connectivity index (χ1v) is 7.21. The maximum absolute atomic E-state index is 12.3. The molecule has 0 aliphatic carbocycles. The first kappa shape index (κ1) is 16.6. The number of benzene rings is 3. The highest BCUT2D eigenvalue weighted by Gasteiger charge is 2.31. The second-order valence-corrected chi connectivity index (χ2v) is 5.24. The van der Waals surface area contributed by atoms with Crippen molar-refractivity contribution in [1.82, 2.24) is 0 Å². The minimum absolute atomic E-state index is 0.0582. The molecule has 0 fully saturated rings. The second kappa shape index (κ2) is 6.35. The van der Waals surface area contributed by atoms with Gasteiger partial charge in [0.2, 0.25) is 0 Å². The van der Waals surface area contributed by atoms with Crippen molar-refractivity contribution in [3.8, 4) is 11.5 Å². The third-order valence-corrected chi connectivity index (χ3v) is 3.46. The Kier molecular flexibility index (Phi) is 4.22. The number of amides is 1. The van der Waals surface area contributed by atoms with Crippen molar-refractivity contribution in [1.29, 1.82) is 0 Å². The summed E-state index contributed by atoms with van der Waals surface area (Å²) in [4.78, 5) is 12.3. The zero-order valence-electron chi connectivity index (χ0n) is 12.7. The van der Waals surface area contributed by atoms with Gasteiger partial charge in [0.1, 0.15) is 11.5 Å². The molecule has 3 aromatic carbocycles. The number of ether oxygens (including phenoxy) is 1. The average molecular weight is 347 g/mol. The molecule has 3 aromatic rings. The normalized spacial score (nSPS) is 11.3. The Morgan fingerprint density at radius 2 is 1.72 bits per heavy atom. The number of hydrogen-bond donors (Lipinski definition) is 2. The fraction of sp³-hybridized carbons (Fsp3) is 0.0556. The van der Waals surface area contributed by atoms with E-state index in [0.717, 1.165) is 17.5 Å². The number of halogens is 3. The lowest BCUT2D eigenvalue weighted by molar-refractivity contribution is -0.274. The highest BCUT2D eigenvalue weighted by atomic mass is 19.4. The van der Waals surface area contributed by atoms with Crippen molar-refractivity contribution in [3.63, 3.8) is 0 Å². The smallest absolute Gasteiger partial charge is 0.508 e. The molecule has 25 heavy (non-hydrogen) atoms. The Morgan fingerprint density at radius 1 is 1.00 bits per heavy atom. The molecular weight excluding hydrogens is 335 g/mol. The predicted molar refractivity (Wildman–Crippen MR) is 86.7 cm³/mol. The van der Waals surface area contributed by atoms with Gasteiger partial charge < -0.3 is 15.2 Å². The van der Waals surface area contributed by atoms with Gasteiger partial charge in [-0.3, -0.25) is 4.79 Å². The molecule has 0 saturated heterocycles. The summed E-state index contributed by atoms with van der Waals surface area (Å²) in [5, 5.41) is 13.8. The van der Waals surface area contributed by atoms with Crippen LogP contribution in [0.1, 0.15) is 10.4 Å². The summed E-state index contributed by atoms with van der Waals surface area (Å²) < 4.78 is 40.2. The summed E-state index contributed by atoms with van der Waals surface area (Å²) in [5.41, 5.74) is 0.653. The molecule has 1 amide bonds. The van der Waals surface area contributed by atoms with Crippen molar-refractivity contribution in [2.75, 3.05) is 5.32 Å². The topological polar surface area (TPSA) is 58.6 Å². The van der Waals surface area contributed by atoms with Gasteiger partial charge in [-0.25, -0.2) is 0 Å². The van der Waals surface area contributed by atoms with Crippen molar-refractivity contribution in [2.45, 2.75) is 6.36 Å². The molecule has 0 saturated carbocycles. The first-order chi connectivity index (χ1) is 11.8. The van der Waals surface area contributed by atoms with Gasteiger partial charge in [0, 0.05) is 16.6 Å². The number of alkyl halides is 3. The van der Waals surface area contributed by atoms with Crippen LogP contribution in [0.5, 0.6) is 11.5 Å². The highest BCUT2D eigenvalue weighted by molar-refractivity contribution is 6.09. The molecular formula is C18H12F3NO3. The number of rotatable bonds is 3. The van der Waals surface area contributed by atoms with Gasteiger partial charge in [0.05, 0.1) is 0 Å². The lowest BCUT2D eigenvalue weighted by atomic mass is 10.1. The first-order valence-electron chi connectivity index (χ1n) is 7.21. The number of carbonyl (C=O) groups excluding carboxylic acids is 1. The third-order valence-electron chi connectivity index (χ3n) is 3.46. The van der Waals surface area contributed by atoms with Crippen LogP contribution in [0, 0.1) is 0 Å². The summed E-state index contributed by atoms with van der Waals surface area (Å²) in [6, 6.07) is 14.6. The van der Waals surface area contributed by atoms with Crippen LogP contribution < -0.4 is 10.1 Å². The van der Waals surface area contributed by atoms with E-state index in [9.17, 15) is 23.1 Å². The predicted octanol–water partition coefficient (Wildman–Crippen LogP) is 4.70. The van der Waals surface area contributed by atoms with E-state index in [1.807, 2.05) is 6.07 Å². The number of aromatic hydroxyl groups is 1. The van der Waals surface area contributed by atoms with Gasteiger partial charge in [-0.1, -0.05) is 18.2 Å². The van der Waals surface area contributed by atoms with Crippen molar-refractivity contribution in [2.24, 2.45) is 0 Å². The molecule has 128 valence electrons. The quantitative estimate of drug-likeness (QED) is 0.722. The summed E-state index contributed by atoms with van der Waals surface area (Å²) in [5.74, 6) is -0.837. The highest BCUT2D eigenvalue weighted by Crippen LogP contribution is 2.28. The van der Waals surface area contributed by atoms with Crippen molar-refractivity contribution >= 4 is 22.4 Å². The summed E-state index contributed by atoms with van der Waals surface area (Å²) in [6.45, 7) is 0. The monoisotopic (exact) mass is 347 g/mol. The molecule has 0 unspecified atom stereocenters. The van der Waals surface area contributed by atoms with Crippen LogP contribution in [0.3, 0.4) is 0 Å². The van der Waals surface area contributed by atoms with Gasteiger partial charge in [0.15, 0.2) is 0 Å². The molecule has 0 aromatic heterocycles. The van der Waals surface area contributed by atoms with Crippen LogP contribution in [0.15, 0.2) is 60.7 Å². The fourth-order valence-corrected chi connectivity index (χ4v) is 2.37. The van der Waals surface area contributed by atoms with Gasteiger partial charge in [-0.05, 0) is 47.9 Å². The molecule has 0 aliphatic heterocycles.